The molecule has 116 valence electrons. The molecule has 0 aliphatic heterocycles. The van der Waals surface area contributed by atoms with E-state index < -0.39 is 0 Å². The maximum Gasteiger partial charge on any atom is 0.185 e. The number of hydrogen-bond acceptors (Lipinski definition) is 4. The van der Waals surface area contributed by atoms with Crippen LogP contribution < -0.4 is 9.47 Å². The van der Waals surface area contributed by atoms with Crippen LogP contribution in [0.2, 0.25) is 0 Å². The third-order valence-electron chi connectivity index (χ3n) is 3.19. The molecule has 0 aromatic heterocycles. The van der Waals surface area contributed by atoms with E-state index >= 15 is 0 Å². The Morgan fingerprint density at radius 1 is 1.22 bits per heavy atom. The smallest absolute Gasteiger partial charge is 0.185 e. The zero-order chi connectivity index (χ0) is 16.7. The van der Waals surface area contributed by atoms with Gasteiger partial charge in [-0.1, -0.05) is 24.3 Å². The molecule has 0 amide bonds. The fourth-order valence-corrected chi connectivity index (χ4v) is 2.08. The van der Waals surface area contributed by atoms with Crippen molar-refractivity contribution in [2.75, 3.05) is 13.7 Å². The van der Waals surface area contributed by atoms with E-state index in [0.29, 0.717) is 29.2 Å². The topological polar surface area (TPSA) is 59.3 Å². The molecule has 2 aromatic carbocycles. The summed E-state index contributed by atoms with van der Waals surface area (Å²) in [6.07, 6.45) is 3.19. The molecule has 0 unspecified atom stereocenters. The Kier molecular flexibility index (Phi) is 5.54. The molecule has 4 heteroatoms. The zero-order valence-electron chi connectivity index (χ0n) is 13.1. The summed E-state index contributed by atoms with van der Waals surface area (Å²) in [6, 6.07) is 14.1. The fourth-order valence-electron chi connectivity index (χ4n) is 2.08. The van der Waals surface area contributed by atoms with Gasteiger partial charge in [0.1, 0.15) is 0 Å². The molecule has 0 aliphatic rings. The molecule has 0 saturated carbocycles. The Labute approximate surface area is 135 Å². The Morgan fingerprint density at radius 3 is 2.74 bits per heavy atom. The van der Waals surface area contributed by atoms with Crippen LogP contribution in [-0.4, -0.2) is 19.5 Å². The van der Waals surface area contributed by atoms with E-state index in [1.807, 2.05) is 25.1 Å². The molecule has 4 nitrogen and oxygen atoms in total. The van der Waals surface area contributed by atoms with Gasteiger partial charge in [0.15, 0.2) is 17.3 Å². The van der Waals surface area contributed by atoms with Crippen molar-refractivity contribution >= 4 is 11.9 Å². The Bertz CT molecular complexity index is 772. The predicted molar refractivity (Wildman–Crippen MR) is 88.7 cm³/mol. The van der Waals surface area contributed by atoms with Crippen molar-refractivity contribution in [2.45, 2.75) is 6.92 Å². The number of ketones is 1. The van der Waals surface area contributed by atoms with Crippen LogP contribution >= 0.6 is 0 Å². The third-order valence-corrected chi connectivity index (χ3v) is 3.19. The normalized spacial score (nSPS) is 10.3. The molecule has 0 aliphatic carbocycles. The summed E-state index contributed by atoms with van der Waals surface area (Å²) in [5.41, 5.74) is 1.78. The quantitative estimate of drug-likeness (QED) is 0.600. The summed E-state index contributed by atoms with van der Waals surface area (Å²) >= 11 is 0. The first-order valence-electron chi connectivity index (χ1n) is 7.21. The van der Waals surface area contributed by atoms with Crippen LogP contribution in [0.25, 0.3) is 6.08 Å². The summed E-state index contributed by atoms with van der Waals surface area (Å²) in [5, 5.41) is 8.88. The van der Waals surface area contributed by atoms with Gasteiger partial charge in [0.2, 0.25) is 0 Å². The number of benzene rings is 2. The van der Waals surface area contributed by atoms with Crippen molar-refractivity contribution < 1.29 is 14.3 Å². The highest BCUT2D eigenvalue weighted by Gasteiger charge is 2.05. The lowest BCUT2D eigenvalue weighted by molar-refractivity contribution is 0.104. The van der Waals surface area contributed by atoms with Gasteiger partial charge in [-0.05, 0) is 42.8 Å². The Balaban J connectivity index is 2.20. The SMILES string of the molecule is CCOc1cc(/C=C/C(=O)c2cccc(C#N)c2)ccc1OC. The maximum absolute atomic E-state index is 12.2. The first-order valence-corrected chi connectivity index (χ1v) is 7.21. The molecule has 2 aromatic rings. The van der Waals surface area contributed by atoms with Crippen molar-refractivity contribution in [3.63, 3.8) is 0 Å². The highest BCUT2D eigenvalue weighted by atomic mass is 16.5. The van der Waals surface area contributed by atoms with Crippen molar-refractivity contribution in [2.24, 2.45) is 0 Å². The molecule has 0 N–H and O–H groups in total. The number of hydrogen-bond donors (Lipinski definition) is 0. The van der Waals surface area contributed by atoms with Crippen molar-refractivity contribution in [1.82, 2.24) is 0 Å². The van der Waals surface area contributed by atoms with E-state index in [9.17, 15) is 4.79 Å². The monoisotopic (exact) mass is 307 g/mol. The Hall–Kier alpha value is -3.06. The van der Waals surface area contributed by atoms with Crippen LogP contribution in [0.3, 0.4) is 0 Å². The lowest BCUT2D eigenvalue weighted by Gasteiger charge is -2.09. The molecule has 2 rings (SSSR count). The van der Waals surface area contributed by atoms with Gasteiger partial charge in [0, 0.05) is 5.56 Å². The number of rotatable bonds is 6. The minimum Gasteiger partial charge on any atom is -0.493 e. The molecule has 0 radical (unpaired) electrons. The first kappa shape index (κ1) is 16.3. The second kappa shape index (κ2) is 7.81. The Morgan fingerprint density at radius 2 is 2.04 bits per heavy atom. The van der Waals surface area contributed by atoms with Crippen LogP contribution in [0.4, 0.5) is 0 Å². The summed E-state index contributed by atoms with van der Waals surface area (Å²) in [5.74, 6) is 1.13. The molecule has 0 heterocycles. The number of nitriles is 1. The van der Waals surface area contributed by atoms with Gasteiger partial charge < -0.3 is 9.47 Å². The summed E-state index contributed by atoms with van der Waals surface area (Å²) in [4.78, 5) is 12.2. The summed E-state index contributed by atoms with van der Waals surface area (Å²) < 4.78 is 10.7. The number of carbonyl (C=O) groups is 1. The summed E-state index contributed by atoms with van der Waals surface area (Å²) in [6.45, 7) is 2.43. The largest absolute Gasteiger partial charge is 0.493 e. The predicted octanol–water partition coefficient (Wildman–Crippen LogP) is 3.86. The van der Waals surface area contributed by atoms with Crippen LogP contribution in [0.5, 0.6) is 11.5 Å². The molecular weight excluding hydrogens is 290 g/mol. The molecule has 0 atom stereocenters. The number of methoxy groups -OCH3 is 1. The van der Waals surface area contributed by atoms with E-state index in [4.69, 9.17) is 14.7 Å². The van der Waals surface area contributed by atoms with Crippen molar-refractivity contribution in [1.29, 1.82) is 5.26 Å². The highest BCUT2D eigenvalue weighted by Crippen LogP contribution is 2.28. The van der Waals surface area contributed by atoms with E-state index in [1.54, 1.807) is 43.5 Å². The number of ether oxygens (including phenoxy) is 2. The average molecular weight is 307 g/mol. The molecular formula is C19H17NO3. The molecule has 0 bridgehead atoms. The van der Waals surface area contributed by atoms with E-state index in [2.05, 4.69) is 0 Å². The van der Waals surface area contributed by atoms with E-state index in [-0.39, 0.29) is 5.78 Å². The lowest BCUT2D eigenvalue weighted by atomic mass is 10.1. The molecule has 0 fully saturated rings. The van der Waals surface area contributed by atoms with Crippen molar-refractivity contribution in [3.05, 3.63) is 65.2 Å². The number of allylic oxidation sites excluding steroid dienone is 1. The van der Waals surface area contributed by atoms with Crippen molar-refractivity contribution in [3.8, 4) is 17.6 Å². The molecule has 23 heavy (non-hydrogen) atoms. The van der Waals surface area contributed by atoms with Gasteiger partial charge in [-0.2, -0.15) is 5.26 Å². The summed E-state index contributed by atoms with van der Waals surface area (Å²) in [7, 11) is 1.58. The molecule has 0 saturated heterocycles. The minimum absolute atomic E-state index is 0.157. The minimum atomic E-state index is -0.157. The van der Waals surface area contributed by atoms with Gasteiger partial charge in [-0.3, -0.25) is 4.79 Å². The number of nitrogens with zero attached hydrogens (tertiary/aromatic N) is 1. The number of carbonyl (C=O) groups excluding carboxylic acids is 1. The van der Waals surface area contributed by atoms with E-state index in [1.165, 1.54) is 6.08 Å². The third kappa shape index (κ3) is 4.21. The van der Waals surface area contributed by atoms with Gasteiger partial charge in [-0.15, -0.1) is 0 Å². The van der Waals surface area contributed by atoms with Crippen LogP contribution in [0, 0.1) is 11.3 Å². The molecule has 0 spiro atoms. The van der Waals surface area contributed by atoms with Gasteiger partial charge >= 0.3 is 0 Å². The van der Waals surface area contributed by atoms with Gasteiger partial charge in [0.25, 0.3) is 0 Å². The van der Waals surface area contributed by atoms with Gasteiger partial charge in [-0.25, -0.2) is 0 Å². The standard InChI is InChI=1S/C19H17NO3/c1-3-23-19-12-14(8-10-18(19)22-2)7-9-17(21)16-6-4-5-15(11-16)13-20/h4-12H,3H2,1-2H3/b9-7+. The van der Waals surface area contributed by atoms with Gasteiger partial charge in [0.05, 0.1) is 25.3 Å². The highest BCUT2D eigenvalue weighted by molar-refractivity contribution is 6.07. The van der Waals surface area contributed by atoms with Crippen LogP contribution in [0.15, 0.2) is 48.5 Å². The first-order chi connectivity index (χ1) is 11.2. The second-order valence-electron chi connectivity index (χ2n) is 4.73. The second-order valence-corrected chi connectivity index (χ2v) is 4.73. The van der Waals surface area contributed by atoms with Crippen LogP contribution in [-0.2, 0) is 0 Å². The maximum atomic E-state index is 12.2. The zero-order valence-corrected chi connectivity index (χ0v) is 13.1. The van der Waals surface area contributed by atoms with Crippen LogP contribution in [0.1, 0.15) is 28.4 Å². The van der Waals surface area contributed by atoms with E-state index in [0.717, 1.165) is 5.56 Å². The average Bonchev–Trinajstić information content (AvgIpc) is 2.60. The fraction of sp³-hybridized carbons (Fsp3) is 0.158. The lowest BCUT2D eigenvalue weighted by Crippen LogP contribution is -1.96.